The third kappa shape index (κ3) is 1.85. The Kier molecular flexibility index (Phi) is 2.91. The molecule has 2 aliphatic rings. The van der Waals surface area contributed by atoms with E-state index in [0.717, 1.165) is 19.5 Å². The molecule has 0 radical (unpaired) electrons. The molecule has 1 heterocycles. The number of nitrogens with two attached hydrogens (primary N) is 1. The van der Waals surface area contributed by atoms with Crippen LogP contribution in [0.5, 0.6) is 0 Å². The van der Waals surface area contributed by atoms with E-state index in [1.165, 1.54) is 19.3 Å². The highest BCUT2D eigenvalue weighted by Gasteiger charge is 2.35. The SMILES string of the molecule is NCCCN1CC2CCCC2NC1=O. The summed E-state index contributed by atoms with van der Waals surface area (Å²) in [5, 5.41) is 3.08. The van der Waals surface area contributed by atoms with Crippen LogP contribution in [0.4, 0.5) is 4.79 Å². The Balaban J connectivity index is 1.89. The summed E-state index contributed by atoms with van der Waals surface area (Å²) in [7, 11) is 0. The molecule has 0 aromatic carbocycles. The van der Waals surface area contributed by atoms with Gasteiger partial charge in [0.05, 0.1) is 0 Å². The molecule has 80 valence electrons. The van der Waals surface area contributed by atoms with Crippen LogP contribution in [0.3, 0.4) is 0 Å². The number of carbonyl (C=O) groups is 1. The fourth-order valence-corrected chi connectivity index (χ4v) is 2.54. The number of urea groups is 1. The first-order chi connectivity index (χ1) is 6.81. The lowest BCUT2D eigenvalue weighted by molar-refractivity contribution is 0.154. The van der Waals surface area contributed by atoms with Crippen LogP contribution in [0.15, 0.2) is 0 Å². The van der Waals surface area contributed by atoms with Gasteiger partial charge in [-0.25, -0.2) is 4.79 Å². The summed E-state index contributed by atoms with van der Waals surface area (Å²) in [4.78, 5) is 13.5. The van der Waals surface area contributed by atoms with E-state index in [1.54, 1.807) is 0 Å². The molecule has 0 spiro atoms. The summed E-state index contributed by atoms with van der Waals surface area (Å²) in [6, 6.07) is 0.568. The topological polar surface area (TPSA) is 58.4 Å². The van der Waals surface area contributed by atoms with Gasteiger partial charge < -0.3 is 16.0 Å². The lowest BCUT2D eigenvalue weighted by Crippen LogP contribution is -2.55. The molecule has 1 saturated heterocycles. The summed E-state index contributed by atoms with van der Waals surface area (Å²) in [5.41, 5.74) is 5.44. The highest BCUT2D eigenvalue weighted by atomic mass is 16.2. The molecule has 3 N–H and O–H groups in total. The number of nitrogens with one attached hydrogen (secondary N) is 1. The van der Waals surface area contributed by atoms with Gasteiger partial charge in [-0.1, -0.05) is 6.42 Å². The average molecular weight is 197 g/mol. The number of hydrogen-bond donors (Lipinski definition) is 2. The van der Waals surface area contributed by atoms with E-state index in [2.05, 4.69) is 5.32 Å². The molecule has 0 aromatic rings. The lowest BCUT2D eigenvalue weighted by Gasteiger charge is -2.35. The molecule has 0 bridgehead atoms. The second-order valence-corrected chi connectivity index (χ2v) is 4.34. The Morgan fingerprint density at radius 3 is 3.14 bits per heavy atom. The van der Waals surface area contributed by atoms with Crippen molar-refractivity contribution in [2.45, 2.75) is 31.7 Å². The second kappa shape index (κ2) is 4.17. The minimum absolute atomic E-state index is 0.113. The molecule has 2 rings (SSSR count). The van der Waals surface area contributed by atoms with Crippen molar-refractivity contribution in [3.8, 4) is 0 Å². The van der Waals surface area contributed by atoms with E-state index in [-0.39, 0.29) is 6.03 Å². The molecule has 2 unspecified atom stereocenters. The standard InChI is InChI=1S/C10H19N3O/c11-5-2-6-13-7-8-3-1-4-9(8)12-10(13)14/h8-9H,1-7,11H2,(H,12,14). The molecule has 2 amide bonds. The maximum atomic E-state index is 11.6. The highest BCUT2D eigenvalue weighted by Crippen LogP contribution is 2.29. The summed E-state index contributed by atoms with van der Waals surface area (Å²) in [6.07, 6.45) is 4.61. The largest absolute Gasteiger partial charge is 0.335 e. The van der Waals surface area contributed by atoms with Gasteiger partial charge in [0.1, 0.15) is 0 Å². The number of hydrogen-bond acceptors (Lipinski definition) is 2. The summed E-state index contributed by atoms with van der Waals surface area (Å²) < 4.78 is 0. The van der Waals surface area contributed by atoms with Gasteiger partial charge in [-0.2, -0.15) is 0 Å². The van der Waals surface area contributed by atoms with E-state index >= 15 is 0 Å². The Bertz CT molecular complexity index is 219. The van der Waals surface area contributed by atoms with Gasteiger partial charge in [-0.3, -0.25) is 0 Å². The lowest BCUT2D eigenvalue weighted by atomic mass is 10.0. The Morgan fingerprint density at radius 1 is 1.50 bits per heavy atom. The summed E-state index contributed by atoms with van der Waals surface area (Å²) in [5.74, 6) is 0.686. The molecule has 1 aliphatic carbocycles. The van der Waals surface area contributed by atoms with Crippen LogP contribution in [0.25, 0.3) is 0 Å². The number of carbonyl (C=O) groups excluding carboxylic acids is 1. The van der Waals surface area contributed by atoms with Crippen molar-refractivity contribution in [1.82, 2.24) is 10.2 Å². The molecule has 1 aliphatic heterocycles. The maximum absolute atomic E-state index is 11.6. The first-order valence-corrected chi connectivity index (χ1v) is 5.57. The maximum Gasteiger partial charge on any atom is 0.317 e. The fourth-order valence-electron chi connectivity index (χ4n) is 2.54. The van der Waals surface area contributed by atoms with Crippen molar-refractivity contribution in [3.63, 3.8) is 0 Å². The molecule has 2 atom stereocenters. The van der Waals surface area contributed by atoms with Crippen LogP contribution >= 0.6 is 0 Å². The smallest absolute Gasteiger partial charge is 0.317 e. The number of nitrogens with zero attached hydrogens (tertiary/aromatic N) is 1. The van der Waals surface area contributed by atoms with Gasteiger partial charge in [0.2, 0.25) is 0 Å². The van der Waals surface area contributed by atoms with Crippen LogP contribution in [-0.4, -0.2) is 36.6 Å². The van der Waals surface area contributed by atoms with E-state index in [4.69, 9.17) is 5.73 Å². The van der Waals surface area contributed by atoms with Gasteiger partial charge in [-0.15, -0.1) is 0 Å². The first kappa shape index (κ1) is 9.77. The molecular weight excluding hydrogens is 178 g/mol. The predicted molar refractivity (Wildman–Crippen MR) is 54.9 cm³/mol. The summed E-state index contributed by atoms with van der Waals surface area (Å²) in [6.45, 7) is 2.42. The van der Waals surface area contributed by atoms with Crippen molar-refractivity contribution in [1.29, 1.82) is 0 Å². The van der Waals surface area contributed by atoms with Gasteiger partial charge in [0.25, 0.3) is 0 Å². The number of amides is 2. The minimum Gasteiger partial charge on any atom is -0.335 e. The Labute approximate surface area is 84.8 Å². The van der Waals surface area contributed by atoms with Gasteiger partial charge >= 0.3 is 6.03 Å². The molecular formula is C10H19N3O. The third-order valence-corrected chi connectivity index (χ3v) is 3.34. The van der Waals surface area contributed by atoms with Crippen LogP contribution in [0, 0.1) is 5.92 Å². The van der Waals surface area contributed by atoms with Gasteiger partial charge in [0, 0.05) is 19.1 Å². The van der Waals surface area contributed by atoms with Crippen molar-refractivity contribution >= 4 is 6.03 Å². The van der Waals surface area contributed by atoms with Crippen molar-refractivity contribution in [3.05, 3.63) is 0 Å². The Morgan fingerprint density at radius 2 is 2.36 bits per heavy atom. The van der Waals surface area contributed by atoms with Crippen LogP contribution in [0.2, 0.25) is 0 Å². The molecule has 14 heavy (non-hydrogen) atoms. The quantitative estimate of drug-likeness (QED) is 0.693. The average Bonchev–Trinajstić information content (AvgIpc) is 2.61. The van der Waals surface area contributed by atoms with Crippen LogP contribution in [0.1, 0.15) is 25.7 Å². The number of fused-ring (bicyclic) bond motifs is 1. The monoisotopic (exact) mass is 197 g/mol. The van der Waals surface area contributed by atoms with Crippen molar-refractivity contribution in [2.24, 2.45) is 11.7 Å². The van der Waals surface area contributed by atoms with E-state index < -0.39 is 0 Å². The first-order valence-electron chi connectivity index (χ1n) is 5.57. The zero-order valence-electron chi connectivity index (χ0n) is 8.54. The predicted octanol–water partition coefficient (Wildman–Crippen LogP) is 0.529. The Hall–Kier alpha value is -0.770. The van der Waals surface area contributed by atoms with Crippen LogP contribution in [-0.2, 0) is 0 Å². The van der Waals surface area contributed by atoms with Crippen molar-refractivity contribution in [2.75, 3.05) is 19.6 Å². The van der Waals surface area contributed by atoms with E-state index in [0.29, 0.717) is 18.5 Å². The van der Waals surface area contributed by atoms with Crippen LogP contribution < -0.4 is 11.1 Å². The summed E-state index contributed by atoms with van der Waals surface area (Å²) >= 11 is 0. The fraction of sp³-hybridized carbons (Fsp3) is 0.900. The third-order valence-electron chi connectivity index (χ3n) is 3.34. The van der Waals surface area contributed by atoms with Crippen molar-refractivity contribution < 1.29 is 4.79 Å². The molecule has 4 heteroatoms. The molecule has 4 nitrogen and oxygen atoms in total. The molecule has 1 saturated carbocycles. The zero-order chi connectivity index (χ0) is 9.97. The van der Waals surface area contributed by atoms with E-state index in [1.807, 2.05) is 4.90 Å². The molecule has 2 fully saturated rings. The minimum atomic E-state index is 0.113. The van der Waals surface area contributed by atoms with E-state index in [9.17, 15) is 4.79 Å². The van der Waals surface area contributed by atoms with Gasteiger partial charge in [-0.05, 0) is 31.7 Å². The second-order valence-electron chi connectivity index (χ2n) is 4.34. The zero-order valence-corrected chi connectivity index (χ0v) is 8.54. The molecule has 0 aromatic heterocycles. The number of rotatable bonds is 3. The van der Waals surface area contributed by atoms with Gasteiger partial charge in [0.15, 0.2) is 0 Å². The normalized spacial score (nSPS) is 31.5. The highest BCUT2D eigenvalue weighted by molar-refractivity contribution is 5.75.